The Bertz CT molecular complexity index is 740. The van der Waals surface area contributed by atoms with Gasteiger partial charge >= 0.3 is 0 Å². The highest BCUT2D eigenvalue weighted by Gasteiger charge is 2.11. The predicted octanol–water partition coefficient (Wildman–Crippen LogP) is 5.10. The summed E-state index contributed by atoms with van der Waals surface area (Å²) in [4.78, 5) is 1.20. The molecule has 1 heterocycles. The first-order chi connectivity index (χ1) is 10.2. The Morgan fingerprint density at radius 2 is 1.81 bits per heavy atom. The predicted molar refractivity (Wildman–Crippen MR) is 88.2 cm³/mol. The zero-order chi connectivity index (χ0) is 14.7. The molecule has 3 aromatic rings. The fraction of sp³-hybridized carbons (Fsp3) is 0.125. The number of rotatable bonds is 4. The van der Waals surface area contributed by atoms with E-state index < -0.39 is 0 Å². The number of halogens is 1. The molecule has 0 amide bonds. The van der Waals surface area contributed by atoms with Crippen LogP contribution in [0.2, 0.25) is 0 Å². The summed E-state index contributed by atoms with van der Waals surface area (Å²) in [5.41, 5.74) is 2.17. The normalized spacial score (nSPS) is 10.8. The van der Waals surface area contributed by atoms with Crippen LogP contribution in [0.25, 0.3) is 11.5 Å². The van der Waals surface area contributed by atoms with Gasteiger partial charge in [-0.2, -0.15) is 0 Å². The van der Waals surface area contributed by atoms with Crippen LogP contribution in [0.5, 0.6) is 0 Å². The molecule has 2 aromatic carbocycles. The van der Waals surface area contributed by atoms with Crippen LogP contribution in [-0.4, -0.2) is 10.2 Å². The van der Waals surface area contributed by atoms with Crippen molar-refractivity contribution in [3.63, 3.8) is 0 Å². The maximum atomic E-state index is 5.72. The van der Waals surface area contributed by atoms with Crippen molar-refractivity contribution >= 4 is 27.7 Å². The first-order valence-corrected chi connectivity index (χ1v) is 8.27. The summed E-state index contributed by atoms with van der Waals surface area (Å²) in [5, 5.41) is 8.22. The number of nitrogens with zero attached hydrogens (tertiary/aromatic N) is 2. The minimum absolute atomic E-state index is 0.544. The smallest absolute Gasteiger partial charge is 0.248 e. The Hall–Kier alpha value is -1.59. The Balaban J connectivity index is 1.71. The molecule has 21 heavy (non-hydrogen) atoms. The number of aromatic nitrogens is 2. The fourth-order valence-corrected chi connectivity index (χ4v) is 3.02. The van der Waals surface area contributed by atoms with E-state index >= 15 is 0 Å². The number of benzene rings is 2. The molecule has 0 radical (unpaired) electrons. The topological polar surface area (TPSA) is 38.9 Å². The monoisotopic (exact) mass is 360 g/mol. The van der Waals surface area contributed by atoms with Gasteiger partial charge in [0.2, 0.25) is 11.8 Å². The van der Waals surface area contributed by atoms with E-state index in [1.54, 1.807) is 11.8 Å². The molecule has 3 nitrogen and oxygen atoms in total. The number of thioether (sulfide) groups is 1. The summed E-state index contributed by atoms with van der Waals surface area (Å²) in [6.07, 6.45) is 0. The molecule has 0 aliphatic rings. The van der Waals surface area contributed by atoms with E-state index in [4.69, 9.17) is 4.42 Å². The van der Waals surface area contributed by atoms with Crippen LogP contribution in [0.3, 0.4) is 0 Å². The second-order valence-corrected chi connectivity index (χ2v) is 6.49. The maximum absolute atomic E-state index is 5.72. The average Bonchev–Trinajstić information content (AvgIpc) is 2.96. The quantitative estimate of drug-likeness (QED) is 0.606. The van der Waals surface area contributed by atoms with Gasteiger partial charge in [0.25, 0.3) is 0 Å². The highest BCUT2D eigenvalue weighted by molar-refractivity contribution is 9.10. The number of hydrogen-bond acceptors (Lipinski definition) is 4. The van der Waals surface area contributed by atoms with Gasteiger partial charge in [-0.05, 0) is 47.1 Å². The molecule has 0 bridgehead atoms. The lowest BCUT2D eigenvalue weighted by Gasteiger charge is -1.99. The summed E-state index contributed by atoms with van der Waals surface area (Å²) in [7, 11) is 0. The Morgan fingerprint density at radius 1 is 1.05 bits per heavy atom. The summed E-state index contributed by atoms with van der Waals surface area (Å²) in [6, 6.07) is 16.2. The highest BCUT2D eigenvalue weighted by Crippen LogP contribution is 2.28. The number of hydrogen-bond donors (Lipinski definition) is 0. The summed E-state index contributed by atoms with van der Waals surface area (Å²) in [5.74, 6) is 1.84. The van der Waals surface area contributed by atoms with E-state index in [-0.39, 0.29) is 0 Å². The molecule has 0 saturated heterocycles. The van der Waals surface area contributed by atoms with Crippen molar-refractivity contribution in [3.8, 4) is 11.5 Å². The van der Waals surface area contributed by atoms with E-state index in [0.717, 1.165) is 10.0 Å². The van der Waals surface area contributed by atoms with Gasteiger partial charge < -0.3 is 4.42 Å². The first-order valence-electron chi connectivity index (χ1n) is 6.49. The third-order valence-corrected chi connectivity index (χ3v) is 4.64. The van der Waals surface area contributed by atoms with E-state index in [1.165, 1.54) is 10.5 Å². The van der Waals surface area contributed by atoms with Crippen LogP contribution in [0, 0.1) is 6.92 Å². The van der Waals surface area contributed by atoms with Crippen molar-refractivity contribution in [2.24, 2.45) is 0 Å². The molecule has 0 aliphatic heterocycles. The van der Waals surface area contributed by atoms with Gasteiger partial charge in [-0.15, -0.1) is 22.0 Å². The molecule has 0 aliphatic carbocycles. The lowest BCUT2D eigenvalue weighted by molar-refractivity contribution is 0.528. The minimum atomic E-state index is 0.544. The van der Waals surface area contributed by atoms with Crippen LogP contribution in [0.4, 0.5) is 0 Å². The second-order valence-electron chi connectivity index (χ2n) is 4.58. The Labute approximate surface area is 135 Å². The van der Waals surface area contributed by atoms with Crippen molar-refractivity contribution < 1.29 is 4.42 Å². The summed E-state index contributed by atoms with van der Waals surface area (Å²) < 4.78 is 6.67. The molecular formula is C16H13BrN2OS. The first kappa shape index (κ1) is 14.4. The maximum Gasteiger partial charge on any atom is 0.248 e. The molecule has 1 aromatic heterocycles. The van der Waals surface area contributed by atoms with Crippen LogP contribution >= 0.6 is 27.7 Å². The summed E-state index contributed by atoms with van der Waals surface area (Å²) >= 11 is 5.18. The lowest BCUT2D eigenvalue weighted by atomic mass is 10.2. The largest absolute Gasteiger partial charge is 0.420 e. The van der Waals surface area contributed by atoms with Crippen LogP contribution in [0.15, 0.2) is 62.3 Å². The SMILES string of the molecule is Cc1ccc(SCc2nnc(-c3ccccc3Br)o2)cc1. The van der Waals surface area contributed by atoms with Crippen LogP contribution < -0.4 is 0 Å². The molecule has 106 valence electrons. The van der Waals surface area contributed by atoms with Crippen LogP contribution in [0.1, 0.15) is 11.5 Å². The minimum Gasteiger partial charge on any atom is -0.420 e. The molecule has 5 heteroatoms. The van der Waals surface area contributed by atoms with Crippen molar-refractivity contribution in [2.45, 2.75) is 17.6 Å². The van der Waals surface area contributed by atoms with Crippen LogP contribution in [-0.2, 0) is 5.75 Å². The zero-order valence-electron chi connectivity index (χ0n) is 11.4. The number of aryl methyl sites for hydroxylation is 1. The van der Waals surface area contributed by atoms with Crippen molar-refractivity contribution in [1.82, 2.24) is 10.2 Å². The Kier molecular flexibility index (Phi) is 4.41. The Morgan fingerprint density at radius 3 is 2.57 bits per heavy atom. The van der Waals surface area contributed by atoms with Gasteiger partial charge in [0.05, 0.1) is 11.3 Å². The van der Waals surface area contributed by atoms with Gasteiger partial charge in [0, 0.05) is 9.37 Å². The van der Waals surface area contributed by atoms with Gasteiger partial charge in [-0.25, -0.2) is 0 Å². The average molecular weight is 361 g/mol. The lowest BCUT2D eigenvalue weighted by Crippen LogP contribution is -1.80. The molecule has 0 atom stereocenters. The van der Waals surface area contributed by atoms with E-state index in [1.807, 2.05) is 24.3 Å². The molecule has 3 rings (SSSR count). The van der Waals surface area contributed by atoms with Gasteiger partial charge in [0.1, 0.15) is 0 Å². The molecule has 0 saturated carbocycles. The zero-order valence-corrected chi connectivity index (χ0v) is 13.8. The van der Waals surface area contributed by atoms with Crippen molar-refractivity contribution in [3.05, 3.63) is 64.5 Å². The van der Waals surface area contributed by atoms with E-state index in [9.17, 15) is 0 Å². The molecule has 0 fully saturated rings. The third kappa shape index (κ3) is 3.54. The van der Waals surface area contributed by atoms with Gasteiger partial charge in [-0.1, -0.05) is 29.8 Å². The van der Waals surface area contributed by atoms with Gasteiger partial charge in [-0.3, -0.25) is 0 Å². The molecule has 0 unspecified atom stereocenters. The van der Waals surface area contributed by atoms with E-state index in [0.29, 0.717) is 17.5 Å². The molecule has 0 spiro atoms. The fourth-order valence-electron chi connectivity index (χ4n) is 1.83. The van der Waals surface area contributed by atoms with E-state index in [2.05, 4.69) is 57.3 Å². The van der Waals surface area contributed by atoms with Crippen molar-refractivity contribution in [1.29, 1.82) is 0 Å². The second kappa shape index (κ2) is 6.45. The standard InChI is InChI=1S/C16H13BrN2OS/c1-11-6-8-12(9-7-11)21-10-15-18-19-16(20-15)13-4-2-3-5-14(13)17/h2-9H,10H2,1H3. The molecular weight excluding hydrogens is 348 g/mol. The van der Waals surface area contributed by atoms with Crippen molar-refractivity contribution in [2.75, 3.05) is 0 Å². The summed E-state index contributed by atoms with van der Waals surface area (Å²) in [6.45, 7) is 2.08. The highest BCUT2D eigenvalue weighted by atomic mass is 79.9. The molecule has 0 N–H and O–H groups in total. The van der Waals surface area contributed by atoms with Gasteiger partial charge in [0.15, 0.2) is 0 Å². The third-order valence-electron chi connectivity index (χ3n) is 2.95.